The molecule has 0 amide bonds. The maximum absolute atomic E-state index is 11.5. The van der Waals surface area contributed by atoms with Crippen molar-refractivity contribution in [1.29, 1.82) is 0 Å². The molecule has 0 radical (unpaired) electrons. The average molecular weight is 296 g/mol. The van der Waals surface area contributed by atoms with Gasteiger partial charge in [0.05, 0.1) is 24.2 Å². The second-order valence-corrected chi connectivity index (χ2v) is 4.37. The van der Waals surface area contributed by atoms with Crippen LogP contribution in [0.3, 0.4) is 0 Å². The number of ether oxygens (including phenoxy) is 2. The molecule has 0 heterocycles. The van der Waals surface area contributed by atoms with Crippen molar-refractivity contribution in [1.82, 2.24) is 0 Å². The number of carbonyl (C=O) groups excluding carboxylic acids is 1. The lowest BCUT2D eigenvalue weighted by Gasteiger charge is -2.09. The molecule has 0 aliphatic carbocycles. The fourth-order valence-corrected chi connectivity index (χ4v) is 1.69. The van der Waals surface area contributed by atoms with E-state index in [0.29, 0.717) is 19.8 Å². The van der Waals surface area contributed by atoms with Crippen molar-refractivity contribution < 1.29 is 19.2 Å². The van der Waals surface area contributed by atoms with Crippen LogP contribution in [0.4, 0.5) is 11.4 Å². The number of nitro groups is 1. The third-order valence-corrected chi connectivity index (χ3v) is 2.82. The van der Waals surface area contributed by atoms with Crippen LogP contribution >= 0.6 is 0 Å². The summed E-state index contributed by atoms with van der Waals surface area (Å²) in [6, 6.07) is 4.06. The third kappa shape index (κ3) is 5.39. The minimum Gasteiger partial charge on any atom is -0.465 e. The molecule has 0 bridgehead atoms. The summed E-state index contributed by atoms with van der Waals surface area (Å²) in [6.45, 7) is 3.61. The van der Waals surface area contributed by atoms with Gasteiger partial charge in [0.2, 0.25) is 0 Å². The van der Waals surface area contributed by atoms with Crippen LogP contribution in [-0.2, 0) is 9.47 Å². The molecular weight excluding hydrogens is 276 g/mol. The molecule has 0 atom stereocenters. The predicted octanol–water partition coefficient (Wildman–Crippen LogP) is 2.61. The molecule has 1 aromatic carbocycles. The number of esters is 1. The monoisotopic (exact) mass is 296 g/mol. The van der Waals surface area contributed by atoms with Crippen molar-refractivity contribution in [3.8, 4) is 0 Å². The van der Waals surface area contributed by atoms with Gasteiger partial charge in [0, 0.05) is 19.2 Å². The molecule has 0 aromatic heterocycles. The summed E-state index contributed by atoms with van der Waals surface area (Å²) < 4.78 is 9.97. The van der Waals surface area contributed by atoms with Gasteiger partial charge < -0.3 is 14.8 Å². The molecule has 7 heteroatoms. The van der Waals surface area contributed by atoms with Crippen LogP contribution in [0.5, 0.6) is 0 Å². The normalized spacial score (nSPS) is 10.2. The van der Waals surface area contributed by atoms with Crippen LogP contribution in [0.25, 0.3) is 0 Å². The molecule has 1 N–H and O–H groups in total. The highest BCUT2D eigenvalue weighted by molar-refractivity contribution is 5.91. The van der Waals surface area contributed by atoms with Crippen molar-refractivity contribution in [2.45, 2.75) is 19.8 Å². The first kappa shape index (κ1) is 16.9. The number of benzene rings is 1. The number of anilines is 1. The Balaban J connectivity index is 2.68. The summed E-state index contributed by atoms with van der Waals surface area (Å²) in [5.41, 5.74) is 0.454. The molecule has 0 spiro atoms. The van der Waals surface area contributed by atoms with Crippen LogP contribution in [0.2, 0.25) is 0 Å². The Morgan fingerprint density at radius 3 is 2.76 bits per heavy atom. The van der Waals surface area contributed by atoms with Gasteiger partial charge in [0.1, 0.15) is 5.69 Å². The predicted molar refractivity (Wildman–Crippen MR) is 78.7 cm³/mol. The number of carbonyl (C=O) groups is 1. The Bertz CT molecular complexity index is 490. The summed E-state index contributed by atoms with van der Waals surface area (Å²) in [4.78, 5) is 21.9. The molecule has 0 aliphatic rings. The lowest BCUT2D eigenvalue weighted by molar-refractivity contribution is -0.384. The van der Waals surface area contributed by atoms with E-state index in [-0.39, 0.29) is 16.9 Å². The summed E-state index contributed by atoms with van der Waals surface area (Å²) in [6.07, 6.45) is 2.04. The topological polar surface area (TPSA) is 90.7 Å². The van der Waals surface area contributed by atoms with Crippen molar-refractivity contribution in [3.63, 3.8) is 0 Å². The van der Waals surface area contributed by atoms with Crippen LogP contribution in [-0.4, -0.2) is 37.8 Å². The van der Waals surface area contributed by atoms with E-state index in [2.05, 4.69) is 17.0 Å². The Morgan fingerprint density at radius 2 is 2.14 bits per heavy atom. The zero-order chi connectivity index (χ0) is 15.7. The first-order chi connectivity index (χ1) is 10.1. The molecule has 7 nitrogen and oxygen atoms in total. The molecule has 116 valence electrons. The van der Waals surface area contributed by atoms with E-state index < -0.39 is 10.9 Å². The standard InChI is InChI=1S/C14H20N2O5/c1-3-4-8-21-9-7-15-12-10-11(14(17)20-2)5-6-13(12)16(18)19/h5-6,10,15H,3-4,7-9H2,1-2H3. The maximum atomic E-state index is 11.5. The van der Waals surface area contributed by atoms with E-state index >= 15 is 0 Å². The Labute approximate surface area is 123 Å². The molecule has 1 aromatic rings. The Morgan fingerprint density at radius 1 is 1.38 bits per heavy atom. The molecule has 21 heavy (non-hydrogen) atoms. The molecule has 0 saturated heterocycles. The third-order valence-electron chi connectivity index (χ3n) is 2.82. The van der Waals surface area contributed by atoms with Crippen LogP contribution in [0.1, 0.15) is 30.1 Å². The highest BCUT2D eigenvalue weighted by Crippen LogP contribution is 2.25. The number of hydrogen-bond acceptors (Lipinski definition) is 6. The van der Waals surface area contributed by atoms with Gasteiger partial charge in [-0.25, -0.2) is 4.79 Å². The molecule has 0 saturated carbocycles. The number of nitrogens with zero attached hydrogens (tertiary/aromatic N) is 1. The number of rotatable bonds is 9. The summed E-state index contributed by atoms with van der Waals surface area (Å²) in [5, 5.41) is 13.9. The fourth-order valence-electron chi connectivity index (χ4n) is 1.69. The van der Waals surface area contributed by atoms with Crippen LogP contribution < -0.4 is 5.32 Å². The van der Waals surface area contributed by atoms with E-state index in [9.17, 15) is 14.9 Å². The van der Waals surface area contributed by atoms with Crippen molar-refractivity contribution in [2.75, 3.05) is 32.2 Å². The number of hydrogen-bond donors (Lipinski definition) is 1. The number of nitro benzene ring substituents is 1. The van der Waals surface area contributed by atoms with E-state index in [4.69, 9.17) is 4.74 Å². The van der Waals surface area contributed by atoms with Gasteiger partial charge in [-0.1, -0.05) is 13.3 Å². The minimum atomic E-state index is -0.535. The first-order valence-electron chi connectivity index (χ1n) is 6.78. The maximum Gasteiger partial charge on any atom is 0.337 e. The largest absolute Gasteiger partial charge is 0.465 e. The minimum absolute atomic E-state index is 0.0868. The molecular formula is C14H20N2O5. The van der Waals surface area contributed by atoms with Gasteiger partial charge in [0.15, 0.2) is 0 Å². The zero-order valence-corrected chi connectivity index (χ0v) is 12.3. The number of nitrogens with one attached hydrogen (secondary N) is 1. The summed E-state index contributed by atoms with van der Waals surface area (Å²) >= 11 is 0. The average Bonchev–Trinajstić information content (AvgIpc) is 2.49. The number of unbranched alkanes of at least 4 members (excludes halogenated alkanes) is 1. The molecule has 0 fully saturated rings. The Kier molecular flexibility index (Phi) is 7.17. The SMILES string of the molecule is CCCCOCCNc1cc(C(=O)OC)ccc1[N+](=O)[O-]. The van der Waals surface area contributed by atoms with E-state index in [1.165, 1.54) is 25.3 Å². The van der Waals surface area contributed by atoms with E-state index in [1.807, 2.05) is 0 Å². The van der Waals surface area contributed by atoms with E-state index in [1.54, 1.807) is 0 Å². The zero-order valence-electron chi connectivity index (χ0n) is 12.3. The Hall–Kier alpha value is -2.15. The first-order valence-corrected chi connectivity index (χ1v) is 6.78. The fraction of sp³-hybridized carbons (Fsp3) is 0.500. The van der Waals surface area contributed by atoms with Crippen molar-refractivity contribution >= 4 is 17.3 Å². The molecule has 0 unspecified atom stereocenters. The lowest BCUT2D eigenvalue weighted by atomic mass is 10.1. The quantitative estimate of drug-likeness (QED) is 0.326. The van der Waals surface area contributed by atoms with Crippen molar-refractivity contribution in [2.24, 2.45) is 0 Å². The summed E-state index contributed by atoms with van der Waals surface area (Å²) in [7, 11) is 1.26. The van der Waals surface area contributed by atoms with Gasteiger partial charge in [0.25, 0.3) is 5.69 Å². The van der Waals surface area contributed by atoms with Gasteiger partial charge in [-0.3, -0.25) is 10.1 Å². The van der Waals surface area contributed by atoms with Gasteiger partial charge in [-0.2, -0.15) is 0 Å². The van der Waals surface area contributed by atoms with Gasteiger partial charge in [-0.15, -0.1) is 0 Å². The van der Waals surface area contributed by atoms with Gasteiger partial charge in [-0.05, 0) is 18.6 Å². The number of methoxy groups -OCH3 is 1. The smallest absolute Gasteiger partial charge is 0.337 e. The molecule has 1 rings (SSSR count). The van der Waals surface area contributed by atoms with Crippen LogP contribution in [0.15, 0.2) is 18.2 Å². The van der Waals surface area contributed by atoms with Gasteiger partial charge >= 0.3 is 5.97 Å². The highest BCUT2D eigenvalue weighted by atomic mass is 16.6. The summed E-state index contributed by atoms with van der Waals surface area (Å²) in [5.74, 6) is -0.535. The lowest BCUT2D eigenvalue weighted by Crippen LogP contribution is -2.12. The highest BCUT2D eigenvalue weighted by Gasteiger charge is 2.16. The van der Waals surface area contributed by atoms with Crippen LogP contribution in [0, 0.1) is 10.1 Å². The molecule has 0 aliphatic heterocycles. The van der Waals surface area contributed by atoms with Crippen molar-refractivity contribution in [3.05, 3.63) is 33.9 Å². The van der Waals surface area contributed by atoms with E-state index in [0.717, 1.165) is 12.8 Å². The second kappa shape index (κ2) is 8.91. The second-order valence-electron chi connectivity index (χ2n) is 4.37.